The van der Waals surface area contributed by atoms with Gasteiger partial charge in [0.05, 0.1) is 18.4 Å². The van der Waals surface area contributed by atoms with E-state index in [1.165, 1.54) is 6.07 Å². The predicted octanol–water partition coefficient (Wildman–Crippen LogP) is 1.70. The Balaban J connectivity index is 1.63. The number of likely N-dealkylation sites (N-methyl/N-ethyl adjacent to an activating group) is 1. The molecule has 0 spiro atoms. The van der Waals surface area contributed by atoms with Crippen LogP contribution < -0.4 is 5.32 Å². The Bertz CT molecular complexity index is 840. The van der Waals surface area contributed by atoms with E-state index in [4.69, 9.17) is 0 Å². The van der Waals surface area contributed by atoms with Gasteiger partial charge in [-0.15, -0.1) is 0 Å². The molecule has 0 radical (unpaired) electrons. The second-order valence-corrected chi connectivity index (χ2v) is 6.97. The number of likely N-dealkylation sites (tertiary alicyclic amines) is 1. The third-order valence-electron chi connectivity index (χ3n) is 5.19. The summed E-state index contributed by atoms with van der Waals surface area (Å²) in [6.45, 7) is 0.816. The first-order chi connectivity index (χ1) is 13.8. The van der Waals surface area contributed by atoms with Gasteiger partial charge in [0, 0.05) is 6.54 Å². The summed E-state index contributed by atoms with van der Waals surface area (Å²) in [6.07, 6.45) is 4.63. The molecular formula is C20H21F2N3O4. The van der Waals surface area contributed by atoms with E-state index in [0.29, 0.717) is 12.8 Å². The predicted molar refractivity (Wildman–Crippen MR) is 99.3 cm³/mol. The zero-order valence-electron chi connectivity index (χ0n) is 15.9. The van der Waals surface area contributed by atoms with E-state index in [9.17, 15) is 28.0 Å². The molecule has 29 heavy (non-hydrogen) atoms. The largest absolute Gasteiger partial charge is 0.332 e. The lowest BCUT2D eigenvalue weighted by molar-refractivity contribution is -0.146. The molecule has 1 N–H and O–H groups in total. The zero-order chi connectivity index (χ0) is 21.1. The number of nitrogens with zero attached hydrogens (tertiary/aromatic N) is 2. The zero-order valence-corrected chi connectivity index (χ0v) is 15.9. The Kier molecular flexibility index (Phi) is 6.05. The van der Waals surface area contributed by atoms with Gasteiger partial charge in [-0.05, 0) is 31.9 Å². The summed E-state index contributed by atoms with van der Waals surface area (Å²) in [4.78, 5) is 51.8. The second kappa shape index (κ2) is 8.50. The number of anilines is 1. The Morgan fingerprint density at radius 3 is 2.17 bits per heavy atom. The van der Waals surface area contributed by atoms with Gasteiger partial charge in [-0.1, -0.05) is 18.2 Å². The summed E-state index contributed by atoms with van der Waals surface area (Å²) in [6, 6.07) is 3.17. The Morgan fingerprint density at radius 2 is 1.66 bits per heavy atom. The number of carbonyl (C=O) groups excluding carboxylic acids is 4. The maximum atomic E-state index is 13.7. The molecule has 9 heteroatoms. The van der Waals surface area contributed by atoms with Gasteiger partial charge < -0.3 is 10.2 Å². The van der Waals surface area contributed by atoms with Gasteiger partial charge in [0.25, 0.3) is 0 Å². The molecule has 3 rings (SSSR count). The van der Waals surface area contributed by atoms with Crippen LogP contribution in [0.2, 0.25) is 0 Å². The summed E-state index contributed by atoms with van der Waals surface area (Å²) in [7, 11) is 0. The second-order valence-electron chi connectivity index (χ2n) is 6.97. The molecule has 0 saturated carbocycles. The van der Waals surface area contributed by atoms with E-state index < -0.39 is 54.1 Å². The number of para-hydroxylation sites is 1. The summed E-state index contributed by atoms with van der Waals surface area (Å²) < 4.78 is 27.3. The number of fused-ring (bicyclic) bond motifs is 1. The Hall–Kier alpha value is -3.10. The molecule has 0 bridgehead atoms. The van der Waals surface area contributed by atoms with Crippen LogP contribution in [0.5, 0.6) is 0 Å². The van der Waals surface area contributed by atoms with Crippen molar-refractivity contribution in [3.63, 3.8) is 0 Å². The molecule has 0 aromatic heterocycles. The molecule has 4 amide bonds. The molecule has 2 atom stereocenters. The monoisotopic (exact) mass is 405 g/mol. The van der Waals surface area contributed by atoms with Crippen molar-refractivity contribution in [2.45, 2.75) is 19.8 Å². The minimum absolute atomic E-state index is 0.122. The molecule has 1 aliphatic heterocycles. The Labute approximate surface area is 166 Å². The van der Waals surface area contributed by atoms with Gasteiger partial charge in [-0.3, -0.25) is 24.1 Å². The van der Waals surface area contributed by atoms with Crippen LogP contribution in [0.15, 0.2) is 30.4 Å². The number of rotatable bonds is 6. The number of imide groups is 1. The van der Waals surface area contributed by atoms with Crippen LogP contribution in [0.1, 0.15) is 19.8 Å². The minimum Gasteiger partial charge on any atom is -0.332 e. The molecule has 1 saturated heterocycles. The quantitative estimate of drug-likeness (QED) is 0.577. The summed E-state index contributed by atoms with van der Waals surface area (Å²) in [5.74, 6) is -4.90. The number of amides is 4. The van der Waals surface area contributed by atoms with Crippen molar-refractivity contribution in [2.24, 2.45) is 11.8 Å². The first-order valence-electron chi connectivity index (χ1n) is 9.35. The van der Waals surface area contributed by atoms with Gasteiger partial charge >= 0.3 is 0 Å². The molecule has 1 fully saturated rings. The normalized spacial score (nSPS) is 20.6. The minimum atomic E-state index is -0.933. The first kappa shape index (κ1) is 20.6. The van der Waals surface area contributed by atoms with Crippen LogP contribution in [0.25, 0.3) is 0 Å². The number of halogens is 2. The smallest absolute Gasteiger partial charge is 0.244 e. The van der Waals surface area contributed by atoms with E-state index in [2.05, 4.69) is 5.32 Å². The van der Waals surface area contributed by atoms with Gasteiger partial charge in [0.1, 0.15) is 23.9 Å². The molecule has 1 aliphatic carbocycles. The van der Waals surface area contributed by atoms with Crippen LogP contribution in [-0.2, 0) is 19.2 Å². The first-order valence-corrected chi connectivity index (χ1v) is 9.35. The van der Waals surface area contributed by atoms with Crippen molar-refractivity contribution in [3.8, 4) is 0 Å². The van der Waals surface area contributed by atoms with Crippen LogP contribution in [0.3, 0.4) is 0 Å². The van der Waals surface area contributed by atoms with Crippen LogP contribution in [0, 0.1) is 23.5 Å². The lowest BCUT2D eigenvalue weighted by Gasteiger charge is -2.23. The fourth-order valence-corrected chi connectivity index (χ4v) is 3.61. The van der Waals surface area contributed by atoms with Crippen molar-refractivity contribution in [2.75, 3.05) is 25.0 Å². The molecule has 2 aliphatic rings. The number of benzene rings is 1. The van der Waals surface area contributed by atoms with Crippen LogP contribution in [0.4, 0.5) is 14.5 Å². The molecule has 0 unspecified atom stereocenters. The topological polar surface area (TPSA) is 86.8 Å². The fourth-order valence-electron chi connectivity index (χ4n) is 3.61. The maximum absolute atomic E-state index is 13.7. The van der Waals surface area contributed by atoms with Gasteiger partial charge in [0.15, 0.2) is 0 Å². The van der Waals surface area contributed by atoms with Crippen molar-refractivity contribution in [3.05, 3.63) is 42.0 Å². The van der Waals surface area contributed by atoms with Crippen molar-refractivity contribution >= 4 is 29.3 Å². The van der Waals surface area contributed by atoms with E-state index in [0.717, 1.165) is 21.9 Å². The van der Waals surface area contributed by atoms with E-state index in [-0.39, 0.29) is 18.4 Å². The number of hydrogen-bond acceptors (Lipinski definition) is 4. The standard InChI is InChI=1S/C20H21F2N3O4/c1-2-24(10-16(26)23-18-14(21)8-5-9-15(18)22)17(27)11-25-19(28)12-6-3-4-7-13(12)20(25)29/h3-5,8-9,12-13H,2,6-7,10-11H2,1H3,(H,23,26)/t12-,13+. The number of allylic oxidation sites excluding steroid dienone is 2. The lowest BCUT2D eigenvalue weighted by atomic mass is 9.85. The van der Waals surface area contributed by atoms with Crippen LogP contribution >= 0.6 is 0 Å². The highest BCUT2D eigenvalue weighted by atomic mass is 19.1. The van der Waals surface area contributed by atoms with E-state index >= 15 is 0 Å². The fraction of sp³-hybridized carbons (Fsp3) is 0.400. The van der Waals surface area contributed by atoms with Crippen molar-refractivity contribution in [1.82, 2.24) is 9.80 Å². The van der Waals surface area contributed by atoms with Gasteiger partial charge in [-0.25, -0.2) is 8.78 Å². The van der Waals surface area contributed by atoms with Gasteiger partial charge in [0.2, 0.25) is 23.6 Å². The van der Waals surface area contributed by atoms with E-state index in [1.807, 2.05) is 12.2 Å². The maximum Gasteiger partial charge on any atom is 0.244 e. The van der Waals surface area contributed by atoms with Crippen LogP contribution in [-0.4, -0.2) is 53.1 Å². The number of nitrogens with one attached hydrogen (secondary N) is 1. The lowest BCUT2D eigenvalue weighted by Crippen LogP contribution is -2.45. The van der Waals surface area contributed by atoms with E-state index in [1.54, 1.807) is 6.92 Å². The molecule has 7 nitrogen and oxygen atoms in total. The third kappa shape index (κ3) is 4.18. The Morgan fingerprint density at radius 1 is 1.10 bits per heavy atom. The molecular weight excluding hydrogens is 384 g/mol. The average Bonchev–Trinajstić information content (AvgIpc) is 2.94. The molecule has 1 aromatic rings. The average molecular weight is 405 g/mol. The van der Waals surface area contributed by atoms with Crippen molar-refractivity contribution < 1.29 is 28.0 Å². The number of carbonyl (C=O) groups is 4. The highest BCUT2D eigenvalue weighted by Crippen LogP contribution is 2.34. The summed E-state index contributed by atoms with van der Waals surface area (Å²) >= 11 is 0. The highest BCUT2D eigenvalue weighted by Gasteiger charge is 2.47. The molecule has 1 heterocycles. The highest BCUT2D eigenvalue weighted by molar-refractivity contribution is 6.07. The van der Waals surface area contributed by atoms with Crippen molar-refractivity contribution in [1.29, 1.82) is 0 Å². The summed E-state index contributed by atoms with van der Waals surface area (Å²) in [5.41, 5.74) is -0.595. The number of hydrogen-bond donors (Lipinski definition) is 1. The SMILES string of the molecule is CCN(CC(=O)Nc1c(F)cccc1F)C(=O)CN1C(=O)[C@H]2CC=CC[C@H]2C1=O. The van der Waals surface area contributed by atoms with Gasteiger partial charge in [-0.2, -0.15) is 0 Å². The summed E-state index contributed by atoms with van der Waals surface area (Å²) in [5, 5.41) is 2.11. The molecule has 154 valence electrons. The third-order valence-corrected chi connectivity index (χ3v) is 5.19. The molecule has 1 aromatic carbocycles.